The van der Waals surface area contributed by atoms with Gasteiger partial charge in [0.1, 0.15) is 24.8 Å². The van der Waals surface area contributed by atoms with Crippen molar-refractivity contribution in [2.24, 2.45) is 4.99 Å². The predicted octanol–water partition coefficient (Wildman–Crippen LogP) is 8.57. The summed E-state index contributed by atoms with van der Waals surface area (Å²) in [5.74, 6) is 0.107. The van der Waals surface area contributed by atoms with Gasteiger partial charge in [-0.05, 0) is 58.5 Å². The number of nitrogens with zero attached hydrogens (tertiary/aromatic N) is 1. The van der Waals surface area contributed by atoms with Crippen molar-refractivity contribution in [1.29, 1.82) is 0 Å². The SMILES string of the molecule is CC.CC(c1ccc(F)cc1)C1CC(c2ccc(OCc3ccccc3)cc2)=C(C(=O)OCc2ccccc2)C=N1. The first-order valence-corrected chi connectivity index (χ1v) is 14.1. The third-order valence-corrected chi connectivity index (χ3v) is 6.99. The standard InChI is InChI=1S/C34H30FNO3.C2H6/c1-24(27-12-16-29(35)17-13-27)33-20-31(32(21-36-33)34(37)39-23-26-10-6-3-7-11-26)28-14-18-30(19-15-28)38-22-25-8-4-2-5-9-25;1-2/h2-19,21,24,33H,20,22-23H2,1H3;1-2H3. The van der Waals surface area contributed by atoms with Crippen molar-refractivity contribution in [3.63, 3.8) is 0 Å². The summed E-state index contributed by atoms with van der Waals surface area (Å²) >= 11 is 0. The molecular weight excluding hydrogens is 513 g/mol. The number of esters is 1. The Labute approximate surface area is 242 Å². The Bertz CT molecular complexity index is 1450. The number of carbonyl (C=O) groups excluding carboxylic acids is 1. The van der Waals surface area contributed by atoms with E-state index in [-0.39, 0.29) is 24.4 Å². The van der Waals surface area contributed by atoms with Crippen molar-refractivity contribution in [2.75, 3.05) is 0 Å². The zero-order chi connectivity index (χ0) is 29.0. The van der Waals surface area contributed by atoms with E-state index in [2.05, 4.69) is 6.92 Å². The molecule has 0 aliphatic carbocycles. The molecule has 0 saturated carbocycles. The molecule has 0 amide bonds. The molecule has 0 saturated heterocycles. The molecule has 4 aromatic carbocycles. The van der Waals surface area contributed by atoms with Gasteiger partial charge in [0, 0.05) is 12.1 Å². The van der Waals surface area contributed by atoms with Crippen molar-refractivity contribution in [3.05, 3.63) is 143 Å². The molecule has 0 bridgehead atoms. The van der Waals surface area contributed by atoms with Crippen LogP contribution in [0.1, 0.15) is 55.4 Å². The molecule has 4 nitrogen and oxygen atoms in total. The first-order valence-electron chi connectivity index (χ1n) is 14.1. The molecular formula is C36H36FNO3. The van der Waals surface area contributed by atoms with E-state index in [1.54, 1.807) is 18.3 Å². The normalized spacial score (nSPS) is 15.0. The van der Waals surface area contributed by atoms with Gasteiger partial charge in [-0.15, -0.1) is 0 Å². The maximum Gasteiger partial charge on any atom is 0.340 e. The highest BCUT2D eigenvalue weighted by atomic mass is 19.1. The molecule has 1 aliphatic rings. The lowest BCUT2D eigenvalue weighted by Gasteiger charge is -2.27. The molecule has 41 heavy (non-hydrogen) atoms. The minimum Gasteiger partial charge on any atom is -0.489 e. The molecule has 0 radical (unpaired) electrons. The van der Waals surface area contributed by atoms with E-state index in [0.717, 1.165) is 33.6 Å². The van der Waals surface area contributed by atoms with Crippen molar-refractivity contribution in [2.45, 2.75) is 52.4 Å². The third kappa shape index (κ3) is 8.01. The van der Waals surface area contributed by atoms with Crippen LogP contribution in [0, 0.1) is 5.82 Å². The quantitative estimate of drug-likeness (QED) is 0.197. The zero-order valence-corrected chi connectivity index (χ0v) is 23.8. The molecule has 2 unspecified atom stereocenters. The highest BCUT2D eigenvalue weighted by molar-refractivity contribution is 6.16. The summed E-state index contributed by atoms with van der Waals surface area (Å²) < 4.78 is 25.1. The number of rotatable bonds is 9. The Morgan fingerprint density at radius 3 is 2.02 bits per heavy atom. The highest BCUT2D eigenvalue weighted by Crippen LogP contribution is 2.35. The van der Waals surface area contributed by atoms with Gasteiger partial charge < -0.3 is 9.47 Å². The summed E-state index contributed by atoms with van der Waals surface area (Å²) in [7, 11) is 0. The number of dihydropyridines is 1. The second kappa shape index (κ2) is 14.8. The Balaban J connectivity index is 0.00000189. The molecule has 5 rings (SSSR count). The molecule has 5 heteroatoms. The molecule has 2 atom stereocenters. The van der Waals surface area contributed by atoms with Crippen LogP contribution in [0.2, 0.25) is 0 Å². The van der Waals surface area contributed by atoms with E-state index in [4.69, 9.17) is 14.5 Å². The van der Waals surface area contributed by atoms with Crippen molar-refractivity contribution < 1.29 is 18.7 Å². The lowest BCUT2D eigenvalue weighted by Crippen LogP contribution is -2.23. The topological polar surface area (TPSA) is 47.9 Å². The number of ether oxygens (including phenoxy) is 2. The van der Waals surface area contributed by atoms with E-state index >= 15 is 0 Å². The van der Waals surface area contributed by atoms with Gasteiger partial charge >= 0.3 is 5.97 Å². The second-order valence-corrected chi connectivity index (χ2v) is 9.64. The molecule has 210 valence electrons. The lowest BCUT2D eigenvalue weighted by atomic mass is 9.84. The van der Waals surface area contributed by atoms with Gasteiger partial charge in [0.15, 0.2) is 0 Å². The molecule has 1 heterocycles. The van der Waals surface area contributed by atoms with Crippen LogP contribution in [0.25, 0.3) is 5.57 Å². The van der Waals surface area contributed by atoms with Gasteiger partial charge in [-0.3, -0.25) is 4.99 Å². The van der Waals surface area contributed by atoms with Gasteiger partial charge in [-0.1, -0.05) is 106 Å². The predicted molar refractivity (Wildman–Crippen MR) is 163 cm³/mol. The summed E-state index contributed by atoms with van der Waals surface area (Å²) in [5, 5.41) is 0. The van der Waals surface area contributed by atoms with Crippen LogP contribution in [0.5, 0.6) is 5.75 Å². The molecule has 0 fully saturated rings. The zero-order valence-electron chi connectivity index (χ0n) is 23.8. The fourth-order valence-electron chi connectivity index (χ4n) is 4.66. The van der Waals surface area contributed by atoms with Gasteiger partial charge in [-0.25, -0.2) is 9.18 Å². The van der Waals surface area contributed by atoms with E-state index in [1.807, 2.05) is 98.8 Å². The summed E-state index contributed by atoms with van der Waals surface area (Å²) in [6.45, 7) is 6.74. The van der Waals surface area contributed by atoms with Crippen LogP contribution in [0.4, 0.5) is 4.39 Å². The number of halogens is 1. The minimum absolute atomic E-state index is 0.0345. The maximum absolute atomic E-state index is 13.5. The fraction of sp³-hybridized carbons (Fsp3) is 0.222. The van der Waals surface area contributed by atoms with E-state index < -0.39 is 5.97 Å². The van der Waals surface area contributed by atoms with E-state index in [9.17, 15) is 9.18 Å². The average molecular weight is 550 g/mol. The van der Waals surface area contributed by atoms with Crippen molar-refractivity contribution in [3.8, 4) is 5.75 Å². The third-order valence-electron chi connectivity index (χ3n) is 6.99. The van der Waals surface area contributed by atoms with Gasteiger partial charge in [0.05, 0.1) is 11.6 Å². The van der Waals surface area contributed by atoms with Crippen LogP contribution in [0.15, 0.2) is 120 Å². The van der Waals surface area contributed by atoms with Crippen LogP contribution in [-0.4, -0.2) is 18.2 Å². The number of hydrogen-bond donors (Lipinski definition) is 0. The van der Waals surface area contributed by atoms with E-state index in [1.165, 1.54) is 12.1 Å². The molecule has 0 N–H and O–H groups in total. The van der Waals surface area contributed by atoms with Crippen LogP contribution in [-0.2, 0) is 22.7 Å². The number of benzene rings is 4. The Kier molecular flexibility index (Phi) is 10.6. The Morgan fingerprint density at radius 1 is 0.829 bits per heavy atom. The molecule has 1 aliphatic heterocycles. The Morgan fingerprint density at radius 2 is 1.41 bits per heavy atom. The van der Waals surface area contributed by atoms with Gasteiger partial charge in [0.25, 0.3) is 0 Å². The number of aliphatic imine (C=N–C) groups is 1. The van der Waals surface area contributed by atoms with Crippen molar-refractivity contribution in [1.82, 2.24) is 0 Å². The van der Waals surface area contributed by atoms with Gasteiger partial charge in [0.2, 0.25) is 0 Å². The summed E-state index contributed by atoms with van der Waals surface area (Å²) in [5.41, 5.74) is 5.24. The first-order chi connectivity index (χ1) is 20.1. The maximum atomic E-state index is 13.5. The van der Waals surface area contributed by atoms with E-state index in [0.29, 0.717) is 18.6 Å². The van der Waals surface area contributed by atoms with Crippen molar-refractivity contribution >= 4 is 17.8 Å². The molecule has 0 aromatic heterocycles. The Hall–Kier alpha value is -4.51. The smallest absolute Gasteiger partial charge is 0.340 e. The lowest BCUT2D eigenvalue weighted by molar-refractivity contribution is -0.139. The highest BCUT2D eigenvalue weighted by Gasteiger charge is 2.28. The number of hydrogen-bond acceptors (Lipinski definition) is 4. The van der Waals surface area contributed by atoms with Gasteiger partial charge in [-0.2, -0.15) is 0 Å². The first kappa shape index (κ1) is 29.5. The largest absolute Gasteiger partial charge is 0.489 e. The summed E-state index contributed by atoms with van der Waals surface area (Å²) in [4.78, 5) is 18.0. The molecule has 4 aromatic rings. The molecule has 0 spiro atoms. The second-order valence-electron chi connectivity index (χ2n) is 9.64. The van der Waals surface area contributed by atoms with Crippen LogP contribution >= 0.6 is 0 Å². The number of carbonyl (C=O) groups is 1. The average Bonchev–Trinajstić information content (AvgIpc) is 3.04. The van der Waals surface area contributed by atoms with Crippen LogP contribution in [0.3, 0.4) is 0 Å². The fourth-order valence-corrected chi connectivity index (χ4v) is 4.66. The monoisotopic (exact) mass is 549 g/mol. The van der Waals surface area contributed by atoms with Crippen LogP contribution < -0.4 is 4.74 Å². The summed E-state index contributed by atoms with van der Waals surface area (Å²) in [6, 6.07) is 33.8. The summed E-state index contributed by atoms with van der Waals surface area (Å²) in [6.07, 6.45) is 2.19. The minimum atomic E-state index is -0.408.